The minimum Gasteiger partial charge on any atom is -0.273 e. The first kappa shape index (κ1) is 14.8. The molecule has 112 valence electrons. The number of carbonyl (C=O) groups is 1. The molecule has 0 saturated heterocycles. The molecular weight excluding hydrogens is 328 g/mol. The lowest BCUT2D eigenvalue weighted by atomic mass is 10.0. The van der Waals surface area contributed by atoms with E-state index < -0.39 is 0 Å². The SMILES string of the molecule is O=C(N/N=C/c1cccc(Br)c1)C1C2CCCCCCC21. The van der Waals surface area contributed by atoms with Crippen molar-refractivity contribution in [1.82, 2.24) is 5.43 Å². The topological polar surface area (TPSA) is 41.5 Å². The number of benzene rings is 1. The number of hydrogen-bond acceptors (Lipinski definition) is 2. The van der Waals surface area contributed by atoms with Gasteiger partial charge in [0.25, 0.3) is 0 Å². The van der Waals surface area contributed by atoms with Crippen LogP contribution < -0.4 is 5.43 Å². The zero-order valence-electron chi connectivity index (χ0n) is 12.1. The molecule has 0 radical (unpaired) electrons. The molecule has 1 aromatic carbocycles. The van der Waals surface area contributed by atoms with Crippen LogP contribution in [-0.4, -0.2) is 12.1 Å². The number of halogens is 1. The molecule has 0 aliphatic heterocycles. The quantitative estimate of drug-likeness (QED) is 0.647. The Morgan fingerprint density at radius 1 is 1.19 bits per heavy atom. The maximum atomic E-state index is 12.2. The van der Waals surface area contributed by atoms with Crippen LogP contribution in [0.2, 0.25) is 0 Å². The standard InChI is InChI=1S/C17H21BrN2O/c18-13-7-5-6-12(10-13)11-19-20-17(21)16-14-8-3-1-2-4-9-15(14)16/h5-7,10-11,14-16H,1-4,8-9H2,(H,20,21)/b19-11+. The van der Waals surface area contributed by atoms with E-state index in [0.717, 1.165) is 10.0 Å². The van der Waals surface area contributed by atoms with Gasteiger partial charge in [-0.1, -0.05) is 53.7 Å². The Morgan fingerprint density at radius 3 is 2.57 bits per heavy atom. The normalized spacial score (nSPS) is 28.5. The highest BCUT2D eigenvalue weighted by Gasteiger charge is 2.53. The second-order valence-corrected chi connectivity index (χ2v) is 7.05. The smallest absolute Gasteiger partial charge is 0.243 e. The van der Waals surface area contributed by atoms with E-state index in [0.29, 0.717) is 11.8 Å². The average Bonchev–Trinajstić information content (AvgIpc) is 3.10. The minimum atomic E-state index is 0.109. The molecule has 1 N–H and O–H groups in total. The molecule has 1 aromatic rings. The van der Waals surface area contributed by atoms with Crippen molar-refractivity contribution in [2.45, 2.75) is 38.5 Å². The lowest BCUT2D eigenvalue weighted by Gasteiger charge is -2.04. The highest BCUT2D eigenvalue weighted by Crippen LogP contribution is 2.53. The van der Waals surface area contributed by atoms with Gasteiger partial charge in [0.15, 0.2) is 0 Å². The van der Waals surface area contributed by atoms with Crippen LogP contribution in [0.1, 0.15) is 44.1 Å². The number of hydrazone groups is 1. The van der Waals surface area contributed by atoms with Gasteiger partial charge in [-0.25, -0.2) is 5.43 Å². The number of hydrogen-bond donors (Lipinski definition) is 1. The molecule has 3 nitrogen and oxygen atoms in total. The van der Waals surface area contributed by atoms with Gasteiger partial charge in [0.1, 0.15) is 0 Å². The molecule has 2 atom stereocenters. The summed E-state index contributed by atoms with van der Waals surface area (Å²) in [5.74, 6) is 1.55. The molecule has 0 aromatic heterocycles. The van der Waals surface area contributed by atoms with Crippen molar-refractivity contribution in [2.24, 2.45) is 22.9 Å². The third-order valence-electron chi connectivity index (χ3n) is 4.70. The number of nitrogens with zero attached hydrogens (tertiary/aromatic N) is 1. The molecule has 1 amide bonds. The summed E-state index contributed by atoms with van der Waals surface area (Å²) in [5, 5.41) is 4.10. The van der Waals surface area contributed by atoms with E-state index in [4.69, 9.17) is 0 Å². The lowest BCUT2D eigenvalue weighted by molar-refractivity contribution is -0.122. The van der Waals surface area contributed by atoms with Crippen LogP contribution >= 0.6 is 15.9 Å². The zero-order valence-corrected chi connectivity index (χ0v) is 13.7. The highest BCUT2D eigenvalue weighted by molar-refractivity contribution is 9.10. The fraction of sp³-hybridized carbons (Fsp3) is 0.529. The lowest BCUT2D eigenvalue weighted by Crippen LogP contribution is -2.21. The number of nitrogens with one attached hydrogen (secondary N) is 1. The Hall–Kier alpha value is -1.16. The second-order valence-electron chi connectivity index (χ2n) is 6.13. The first-order valence-corrected chi connectivity index (χ1v) is 8.63. The van der Waals surface area contributed by atoms with Gasteiger partial charge in [-0.3, -0.25) is 4.79 Å². The van der Waals surface area contributed by atoms with Gasteiger partial charge in [0.2, 0.25) is 5.91 Å². The fourth-order valence-corrected chi connectivity index (χ4v) is 3.98. The first-order chi connectivity index (χ1) is 10.3. The van der Waals surface area contributed by atoms with Gasteiger partial charge >= 0.3 is 0 Å². The van der Waals surface area contributed by atoms with Crippen LogP contribution in [0.25, 0.3) is 0 Å². The van der Waals surface area contributed by atoms with Crippen molar-refractivity contribution in [1.29, 1.82) is 0 Å². The van der Waals surface area contributed by atoms with E-state index in [-0.39, 0.29) is 11.8 Å². The van der Waals surface area contributed by atoms with Crippen molar-refractivity contribution in [2.75, 3.05) is 0 Å². The van der Waals surface area contributed by atoms with Crippen molar-refractivity contribution >= 4 is 28.1 Å². The summed E-state index contributed by atoms with van der Waals surface area (Å²) < 4.78 is 1.01. The molecule has 2 fully saturated rings. The number of carbonyl (C=O) groups excluding carboxylic acids is 1. The largest absolute Gasteiger partial charge is 0.273 e. The second kappa shape index (κ2) is 6.73. The predicted molar refractivity (Wildman–Crippen MR) is 88.1 cm³/mol. The Balaban J connectivity index is 1.53. The van der Waals surface area contributed by atoms with Gasteiger partial charge in [-0.15, -0.1) is 0 Å². The molecule has 2 unspecified atom stereocenters. The van der Waals surface area contributed by atoms with E-state index in [9.17, 15) is 4.79 Å². The maximum absolute atomic E-state index is 12.2. The number of fused-ring (bicyclic) bond motifs is 1. The van der Waals surface area contributed by atoms with Crippen molar-refractivity contribution in [3.63, 3.8) is 0 Å². The highest BCUT2D eigenvalue weighted by atomic mass is 79.9. The summed E-state index contributed by atoms with van der Waals surface area (Å²) in [4.78, 5) is 12.2. The molecule has 0 bridgehead atoms. The van der Waals surface area contributed by atoms with E-state index in [1.165, 1.54) is 38.5 Å². The van der Waals surface area contributed by atoms with E-state index in [2.05, 4.69) is 26.5 Å². The van der Waals surface area contributed by atoms with Crippen molar-refractivity contribution in [3.05, 3.63) is 34.3 Å². The first-order valence-electron chi connectivity index (χ1n) is 7.84. The van der Waals surface area contributed by atoms with Crippen LogP contribution in [0.15, 0.2) is 33.8 Å². The third kappa shape index (κ3) is 3.73. The predicted octanol–water partition coefficient (Wildman–Crippen LogP) is 4.12. The minimum absolute atomic E-state index is 0.109. The van der Waals surface area contributed by atoms with Gasteiger partial charge in [0.05, 0.1) is 6.21 Å². The van der Waals surface area contributed by atoms with Crippen molar-refractivity contribution in [3.8, 4) is 0 Å². The Labute approximate surface area is 134 Å². The Bertz CT molecular complexity index is 529. The Kier molecular flexibility index (Phi) is 4.73. The van der Waals surface area contributed by atoms with Crippen molar-refractivity contribution < 1.29 is 4.79 Å². The van der Waals surface area contributed by atoms with Gasteiger partial charge in [-0.2, -0.15) is 5.10 Å². The van der Waals surface area contributed by atoms with Crippen LogP contribution in [0, 0.1) is 17.8 Å². The molecular formula is C17H21BrN2O. The molecule has 2 saturated carbocycles. The van der Waals surface area contributed by atoms with Crippen LogP contribution in [-0.2, 0) is 4.79 Å². The van der Waals surface area contributed by atoms with E-state index >= 15 is 0 Å². The third-order valence-corrected chi connectivity index (χ3v) is 5.19. The molecule has 0 spiro atoms. The summed E-state index contributed by atoms with van der Waals surface area (Å²) in [6, 6.07) is 7.86. The molecule has 3 rings (SSSR count). The Morgan fingerprint density at radius 2 is 1.90 bits per heavy atom. The van der Waals surface area contributed by atoms with E-state index in [1.807, 2.05) is 24.3 Å². The molecule has 2 aliphatic rings. The summed E-state index contributed by atoms with van der Waals surface area (Å²) >= 11 is 3.42. The fourth-order valence-electron chi connectivity index (χ4n) is 3.57. The van der Waals surface area contributed by atoms with Crippen LogP contribution in [0.3, 0.4) is 0 Å². The molecule has 21 heavy (non-hydrogen) atoms. The number of amides is 1. The summed E-state index contributed by atoms with van der Waals surface area (Å²) in [6.07, 6.45) is 9.37. The van der Waals surface area contributed by atoms with Gasteiger partial charge < -0.3 is 0 Å². The van der Waals surface area contributed by atoms with Crippen LogP contribution in [0.4, 0.5) is 0 Å². The monoisotopic (exact) mass is 348 g/mol. The molecule has 4 heteroatoms. The average molecular weight is 349 g/mol. The van der Waals surface area contributed by atoms with Gasteiger partial charge in [0, 0.05) is 10.4 Å². The zero-order chi connectivity index (χ0) is 14.7. The van der Waals surface area contributed by atoms with Crippen LogP contribution in [0.5, 0.6) is 0 Å². The maximum Gasteiger partial charge on any atom is 0.243 e. The number of rotatable bonds is 3. The summed E-state index contributed by atoms with van der Waals surface area (Å²) in [7, 11) is 0. The molecule has 0 heterocycles. The van der Waals surface area contributed by atoms with E-state index in [1.54, 1.807) is 6.21 Å². The summed E-state index contributed by atoms with van der Waals surface area (Å²) in [5.41, 5.74) is 3.70. The molecule has 2 aliphatic carbocycles. The van der Waals surface area contributed by atoms with Gasteiger partial charge in [-0.05, 0) is 42.4 Å². The summed E-state index contributed by atoms with van der Waals surface area (Å²) in [6.45, 7) is 0.